The van der Waals surface area contributed by atoms with E-state index in [-0.39, 0.29) is 0 Å². The van der Waals surface area contributed by atoms with Crippen LogP contribution in [0.3, 0.4) is 0 Å². The minimum Gasteiger partial charge on any atom is -0.375 e. The largest absolute Gasteiger partial charge is 0.375 e. The molecule has 8 saturated carbocycles. The van der Waals surface area contributed by atoms with E-state index in [4.69, 9.17) is 4.74 Å². The molecule has 8 fully saturated rings. The summed E-state index contributed by atoms with van der Waals surface area (Å²) < 4.78 is 7.34. The molecule has 0 spiro atoms. The van der Waals surface area contributed by atoms with Crippen LogP contribution in [0.5, 0.6) is 0 Å². The second-order valence-electron chi connectivity index (χ2n) is 25.3. The molecule has 8 rings (SSSR count). The summed E-state index contributed by atoms with van der Waals surface area (Å²) in [6, 6.07) is 0. The average Bonchev–Trinajstić information content (AvgIpc) is 3.68. The Hall–Kier alpha value is -0.0400. The zero-order chi connectivity index (χ0) is 38.9. The van der Waals surface area contributed by atoms with E-state index in [0.717, 1.165) is 82.9 Å². The predicted octanol–water partition coefficient (Wildman–Crippen LogP) is 16.0. The van der Waals surface area contributed by atoms with E-state index in [2.05, 4.69) is 69.2 Å². The molecular weight excluding hydrogens is 665 g/mol. The van der Waals surface area contributed by atoms with Crippen molar-refractivity contribution >= 4 is 0 Å². The normalized spacial score (nSPS) is 50.4. The highest BCUT2D eigenvalue weighted by Gasteiger charge is 2.63. The van der Waals surface area contributed by atoms with Gasteiger partial charge in [-0.3, -0.25) is 0 Å². The molecule has 1 nitrogen and oxygen atoms in total. The Morgan fingerprint density at radius 1 is 0.418 bits per heavy atom. The molecule has 0 amide bonds. The number of hydrogen-bond acceptors (Lipinski definition) is 1. The fraction of sp³-hybridized carbons (Fsp3) is 1.00. The molecule has 0 aromatic carbocycles. The van der Waals surface area contributed by atoms with Crippen LogP contribution in [0.15, 0.2) is 0 Å². The van der Waals surface area contributed by atoms with Gasteiger partial charge in [0.15, 0.2) is 0 Å². The van der Waals surface area contributed by atoms with E-state index in [1.165, 1.54) is 141 Å². The highest BCUT2D eigenvalue weighted by atomic mass is 16.5. The Morgan fingerprint density at radius 3 is 1.20 bits per heavy atom. The Morgan fingerprint density at radius 2 is 0.800 bits per heavy atom. The Labute approximate surface area is 343 Å². The van der Waals surface area contributed by atoms with Crippen molar-refractivity contribution in [3.8, 4) is 0 Å². The molecule has 0 radical (unpaired) electrons. The summed E-state index contributed by atoms with van der Waals surface area (Å²) >= 11 is 0. The van der Waals surface area contributed by atoms with E-state index in [1.807, 2.05) is 0 Å². The van der Waals surface area contributed by atoms with Crippen LogP contribution in [0.1, 0.15) is 223 Å². The van der Waals surface area contributed by atoms with Crippen LogP contribution >= 0.6 is 0 Å². The van der Waals surface area contributed by atoms with Gasteiger partial charge in [-0.25, -0.2) is 0 Å². The fourth-order valence-corrected chi connectivity index (χ4v) is 19.0. The van der Waals surface area contributed by atoms with Crippen LogP contribution < -0.4 is 0 Å². The smallest absolute Gasteiger partial charge is 0.0582 e. The summed E-state index contributed by atoms with van der Waals surface area (Å²) in [6.45, 7) is 26.1. The van der Waals surface area contributed by atoms with E-state index in [0.29, 0.717) is 33.9 Å². The molecule has 55 heavy (non-hydrogen) atoms. The molecule has 0 unspecified atom stereocenters. The second kappa shape index (κ2) is 16.1. The van der Waals surface area contributed by atoms with E-state index < -0.39 is 0 Å². The summed E-state index contributed by atoms with van der Waals surface area (Å²) in [5, 5.41) is 0. The minimum atomic E-state index is 0.546. The number of fused-ring (bicyclic) bond motifs is 10. The van der Waals surface area contributed by atoms with Crippen LogP contribution in [0.2, 0.25) is 0 Å². The highest BCUT2D eigenvalue weighted by molar-refractivity contribution is 5.12. The molecule has 8 aliphatic carbocycles. The van der Waals surface area contributed by atoms with Crippen molar-refractivity contribution in [2.24, 2.45) is 105 Å². The molecule has 0 aliphatic heterocycles. The first-order valence-electron chi connectivity index (χ1n) is 25.8. The van der Waals surface area contributed by atoms with Crippen molar-refractivity contribution in [3.63, 3.8) is 0 Å². The maximum absolute atomic E-state index is 7.34. The summed E-state index contributed by atoms with van der Waals surface area (Å²) in [5.41, 5.74) is 2.40. The first-order chi connectivity index (χ1) is 26.2. The SMILES string of the molecule is CC(C)CCC[C@@H](C)[C@H]1CC[C@@H]2[C@@H]3CC[C@H]4C[C@H](O[C@@H]5CC[C@@]6(C)[C@@H](CC[C@@H]7[C@H]6CC[C@]6(C)[C@@H]7CC[C@H]6[C@H](C)CCCC(C)C)C5)CC[C@]4(C)[C@@H]3CC[C@]21C. The predicted molar refractivity (Wildman–Crippen MR) is 235 cm³/mol. The van der Waals surface area contributed by atoms with Crippen molar-refractivity contribution in [1.29, 1.82) is 0 Å². The molecular formula is C54H94O. The Bertz CT molecular complexity index is 1190. The topological polar surface area (TPSA) is 9.23 Å². The van der Waals surface area contributed by atoms with E-state index >= 15 is 0 Å². The summed E-state index contributed by atoms with van der Waals surface area (Å²) in [4.78, 5) is 0. The lowest BCUT2D eigenvalue weighted by atomic mass is 9.44. The molecule has 0 heterocycles. The lowest BCUT2D eigenvalue weighted by Gasteiger charge is -2.62. The molecule has 0 aromatic rings. The van der Waals surface area contributed by atoms with Crippen LogP contribution in [-0.4, -0.2) is 12.2 Å². The summed E-state index contributed by atoms with van der Waals surface area (Å²) in [6.07, 6.45) is 36.6. The monoisotopic (exact) mass is 759 g/mol. The van der Waals surface area contributed by atoms with E-state index in [1.54, 1.807) is 12.8 Å². The highest BCUT2D eigenvalue weighted by Crippen LogP contribution is 2.70. The van der Waals surface area contributed by atoms with Crippen LogP contribution in [0.4, 0.5) is 0 Å². The minimum absolute atomic E-state index is 0.546. The molecule has 8 aliphatic rings. The molecule has 18 atom stereocenters. The van der Waals surface area contributed by atoms with Gasteiger partial charge in [0.1, 0.15) is 0 Å². The van der Waals surface area contributed by atoms with Gasteiger partial charge in [-0.15, -0.1) is 0 Å². The van der Waals surface area contributed by atoms with Crippen molar-refractivity contribution in [3.05, 3.63) is 0 Å². The van der Waals surface area contributed by atoms with Crippen LogP contribution in [-0.2, 0) is 4.74 Å². The molecule has 1 heteroatoms. The average molecular weight is 759 g/mol. The van der Waals surface area contributed by atoms with Gasteiger partial charge in [0.05, 0.1) is 12.2 Å². The molecule has 0 N–H and O–H groups in total. The number of rotatable bonds is 12. The zero-order valence-corrected chi connectivity index (χ0v) is 38.6. The van der Waals surface area contributed by atoms with Gasteiger partial charge in [0, 0.05) is 0 Å². The second-order valence-corrected chi connectivity index (χ2v) is 25.3. The first kappa shape index (κ1) is 41.7. The van der Waals surface area contributed by atoms with Crippen molar-refractivity contribution in [2.75, 3.05) is 0 Å². The third-order valence-electron chi connectivity index (χ3n) is 22.0. The van der Waals surface area contributed by atoms with Gasteiger partial charge in [-0.2, -0.15) is 0 Å². The third kappa shape index (κ3) is 7.44. The Kier molecular flexibility index (Phi) is 12.2. The first-order valence-corrected chi connectivity index (χ1v) is 25.8. The van der Waals surface area contributed by atoms with Gasteiger partial charge in [0.25, 0.3) is 0 Å². The van der Waals surface area contributed by atoms with Crippen LogP contribution in [0, 0.1) is 105 Å². The number of hydrogen-bond donors (Lipinski definition) is 0. The third-order valence-corrected chi connectivity index (χ3v) is 22.0. The Balaban J connectivity index is 0.840. The molecule has 0 bridgehead atoms. The van der Waals surface area contributed by atoms with Gasteiger partial charge in [-0.05, 0) is 220 Å². The lowest BCUT2D eigenvalue weighted by Crippen LogP contribution is -2.55. The van der Waals surface area contributed by atoms with Gasteiger partial charge >= 0.3 is 0 Å². The van der Waals surface area contributed by atoms with Crippen molar-refractivity contribution in [2.45, 2.75) is 236 Å². The fourth-order valence-electron chi connectivity index (χ4n) is 19.0. The van der Waals surface area contributed by atoms with Crippen LogP contribution in [0.25, 0.3) is 0 Å². The quantitative estimate of drug-likeness (QED) is 0.193. The van der Waals surface area contributed by atoms with Gasteiger partial charge < -0.3 is 4.74 Å². The van der Waals surface area contributed by atoms with Gasteiger partial charge in [0.2, 0.25) is 0 Å². The molecule has 0 aromatic heterocycles. The maximum atomic E-state index is 7.34. The summed E-state index contributed by atoms with van der Waals surface area (Å²) in [5.74, 6) is 13.4. The van der Waals surface area contributed by atoms with Crippen molar-refractivity contribution in [1.82, 2.24) is 0 Å². The van der Waals surface area contributed by atoms with Gasteiger partial charge in [-0.1, -0.05) is 108 Å². The number of ether oxygens (including phenoxy) is 1. The maximum Gasteiger partial charge on any atom is 0.0582 e. The van der Waals surface area contributed by atoms with E-state index in [9.17, 15) is 0 Å². The summed E-state index contributed by atoms with van der Waals surface area (Å²) in [7, 11) is 0. The van der Waals surface area contributed by atoms with Crippen molar-refractivity contribution < 1.29 is 4.74 Å². The standard InChI is InChI=1S/C54H94O/c1-35(2)13-11-15-37(5)45-21-23-47-43-19-17-39-33-41(25-29-51(39,7)49(43)27-31-53(45,47)9)55-42-26-30-52(8)40(34-42)18-20-44-48-24-22-46(38(6)16-12-14-36(3)4)54(48,10)32-28-50(44)52/h35-50H,11-34H2,1-10H3/t37-,38-,39+,40+,41-,42-,43+,44+,45-,46+,47-,48-,49-,50-,51+,52+,53+,54+/m1/s1. The lowest BCUT2D eigenvalue weighted by molar-refractivity contribution is -0.168. The molecule has 316 valence electrons. The zero-order valence-electron chi connectivity index (χ0n) is 38.6. The molecule has 0 saturated heterocycles.